The largest absolute Gasteiger partial charge is 0.462 e. The number of hydrogen-bond acceptors (Lipinski definition) is 5. The quantitative estimate of drug-likeness (QED) is 0.817. The lowest BCUT2D eigenvalue weighted by atomic mass is 10.2. The molecule has 0 aliphatic carbocycles. The number of nitrogens with zero attached hydrogens (tertiary/aromatic N) is 1. The van der Waals surface area contributed by atoms with Crippen LogP contribution in [0.25, 0.3) is 0 Å². The second-order valence-corrected chi connectivity index (χ2v) is 3.85. The smallest absolute Gasteiger partial charge is 0.129 e. The second-order valence-electron chi connectivity index (χ2n) is 3.85. The van der Waals surface area contributed by atoms with Crippen molar-refractivity contribution >= 4 is 5.69 Å². The number of anilines is 1. The average Bonchev–Trinajstić information content (AvgIpc) is 2.85. The number of methoxy groups -OCH3 is 1. The summed E-state index contributed by atoms with van der Waals surface area (Å²) in [6.07, 6.45) is 3.34. The third-order valence-corrected chi connectivity index (χ3v) is 2.54. The number of aliphatic hydroxyl groups is 1. The first-order valence-corrected chi connectivity index (χ1v) is 5.67. The van der Waals surface area contributed by atoms with Crippen LogP contribution in [0, 0.1) is 0 Å². The minimum Gasteiger partial charge on any atom is -0.462 e. The number of nitrogens with one attached hydrogen (secondary N) is 1. The Morgan fingerprint density at radius 1 is 1.33 bits per heavy atom. The molecule has 0 spiro atoms. The van der Waals surface area contributed by atoms with Gasteiger partial charge in [0.1, 0.15) is 18.1 Å². The molecule has 0 saturated heterocycles. The Morgan fingerprint density at radius 2 is 2.17 bits per heavy atom. The van der Waals surface area contributed by atoms with E-state index in [1.165, 1.54) is 0 Å². The van der Waals surface area contributed by atoms with Crippen molar-refractivity contribution in [2.45, 2.75) is 19.8 Å². The van der Waals surface area contributed by atoms with E-state index >= 15 is 0 Å². The molecule has 0 amide bonds. The van der Waals surface area contributed by atoms with Crippen LogP contribution in [0.1, 0.15) is 17.1 Å². The Morgan fingerprint density at radius 3 is 2.94 bits per heavy atom. The molecule has 2 aromatic rings. The first-order valence-electron chi connectivity index (χ1n) is 5.67. The van der Waals surface area contributed by atoms with E-state index in [0.29, 0.717) is 13.2 Å². The first-order chi connectivity index (χ1) is 8.83. The van der Waals surface area contributed by atoms with Crippen LogP contribution in [-0.2, 0) is 24.5 Å². The van der Waals surface area contributed by atoms with Crippen LogP contribution in [-0.4, -0.2) is 17.2 Å². The topological polar surface area (TPSA) is 67.5 Å². The number of furan rings is 1. The maximum Gasteiger partial charge on any atom is 0.129 e. The van der Waals surface area contributed by atoms with Gasteiger partial charge in [-0.05, 0) is 18.2 Å². The molecule has 0 radical (unpaired) electrons. The standard InChI is InChI=1S/C13H16N2O3/c1-17-9-12-3-2-11(18-12)6-15-13-7-14-5-4-10(13)8-16/h2-5,7,15-16H,6,8-9H2,1H3. The molecule has 0 aromatic carbocycles. The molecular weight excluding hydrogens is 232 g/mol. The summed E-state index contributed by atoms with van der Waals surface area (Å²) >= 11 is 0. The minimum absolute atomic E-state index is 0.0159. The van der Waals surface area contributed by atoms with Crippen LogP contribution in [0.5, 0.6) is 0 Å². The molecule has 2 heterocycles. The normalized spacial score (nSPS) is 10.6. The highest BCUT2D eigenvalue weighted by molar-refractivity contribution is 5.48. The lowest BCUT2D eigenvalue weighted by molar-refractivity contribution is 0.163. The number of pyridine rings is 1. The molecule has 2 aromatic heterocycles. The third-order valence-electron chi connectivity index (χ3n) is 2.54. The SMILES string of the molecule is COCc1ccc(CNc2cnccc2CO)o1. The number of rotatable bonds is 6. The molecule has 2 N–H and O–H groups in total. The van der Waals surface area contributed by atoms with E-state index in [2.05, 4.69) is 10.3 Å². The molecule has 18 heavy (non-hydrogen) atoms. The molecule has 2 rings (SSSR count). The lowest BCUT2D eigenvalue weighted by Crippen LogP contribution is -2.02. The monoisotopic (exact) mass is 248 g/mol. The van der Waals surface area contributed by atoms with Crippen LogP contribution in [0.4, 0.5) is 5.69 Å². The fourth-order valence-corrected chi connectivity index (χ4v) is 1.64. The van der Waals surface area contributed by atoms with Crippen LogP contribution >= 0.6 is 0 Å². The highest BCUT2D eigenvalue weighted by Gasteiger charge is 2.04. The van der Waals surface area contributed by atoms with E-state index in [0.717, 1.165) is 22.8 Å². The van der Waals surface area contributed by atoms with Gasteiger partial charge in [0.15, 0.2) is 0 Å². The van der Waals surface area contributed by atoms with Crippen LogP contribution < -0.4 is 5.32 Å². The summed E-state index contributed by atoms with van der Waals surface area (Å²) in [5.41, 5.74) is 1.62. The van der Waals surface area contributed by atoms with Crippen molar-refractivity contribution in [3.05, 3.63) is 47.7 Å². The van der Waals surface area contributed by atoms with Gasteiger partial charge in [-0.25, -0.2) is 0 Å². The van der Waals surface area contributed by atoms with Gasteiger partial charge in [-0.2, -0.15) is 0 Å². The molecule has 0 fully saturated rings. The average molecular weight is 248 g/mol. The summed E-state index contributed by atoms with van der Waals surface area (Å²) in [4.78, 5) is 4.02. The summed E-state index contributed by atoms with van der Waals surface area (Å²) in [5, 5.41) is 12.4. The predicted molar refractivity (Wildman–Crippen MR) is 66.9 cm³/mol. The molecule has 0 aliphatic heterocycles. The Balaban J connectivity index is 1.97. The second kappa shape index (κ2) is 6.18. The van der Waals surface area contributed by atoms with Crippen LogP contribution in [0.2, 0.25) is 0 Å². The zero-order chi connectivity index (χ0) is 12.8. The summed E-state index contributed by atoms with van der Waals surface area (Å²) in [5.74, 6) is 1.61. The summed E-state index contributed by atoms with van der Waals surface area (Å²) in [6.45, 7) is 0.995. The molecule has 0 atom stereocenters. The van der Waals surface area contributed by atoms with Gasteiger partial charge in [0.05, 0.1) is 25.0 Å². The van der Waals surface area contributed by atoms with E-state index in [4.69, 9.17) is 9.15 Å². The maximum absolute atomic E-state index is 9.18. The Labute approximate surface area is 105 Å². The van der Waals surface area contributed by atoms with E-state index in [1.807, 2.05) is 12.1 Å². The Bertz CT molecular complexity index is 496. The third kappa shape index (κ3) is 3.09. The number of hydrogen-bond donors (Lipinski definition) is 2. The molecule has 5 heteroatoms. The van der Waals surface area contributed by atoms with Crippen molar-refractivity contribution < 1.29 is 14.3 Å². The molecule has 0 saturated carbocycles. The highest BCUT2D eigenvalue weighted by Crippen LogP contribution is 2.15. The fraction of sp³-hybridized carbons (Fsp3) is 0.308. The molecule has 5 nitrogen and oxygen atoms in total. The summed E-state index contributed by atoms with van der Waals surface area (Å²) in [7, 11) is 1.63. The van der Waals surface area contributed by atoms with E-state index in [9.17, 15) is 5.11 Å². The van der Waals surface area contributed by atoms with Gasteiger partial charge in [0.2, 0.25) is 0 Å². The molecular formula is C13H16N2O3. The highest BCUT2D eigenvalue weighted by atomic mass is 16.5. The summed E-state index contributed by atoms with van der Waals surface area (Å²) in [6, 6.07) is 5.56. The molecule has 96 valence electrons. The van der Waals surface area contributed by atoms with Crippen LogP contribution in [0.15, 0.2) is 35.0 Å². The van der Waals surface area contributed by atoms with Gasteiger partial charge < -0.3 is 19.6 Å². The van der Waals surface area contributed by atoms with Crippen molar-refractivity contribution in [3.8, 4) is 0 Å². The van der Waals surface area contributed by atoms with Crippen molar-refractivity contribution in [3.63, 3.8) is 0 Å². The lowest BCUT2D eigenvalue weighted by Gasteiger charge is -2.08. The number of aromatic nitrogens is 1. The van der Waals surface area contributed by atoms with Gasteiger partial charge in [-0.3, -0.25) is 4.98 Å². The minimum atomic E-state index is -0.0159. The van der Waals surface area contributed by atoms with Gasteiger partial charge in [-0.1, -0.05) is 0 Å². The predicted octanol–water partition coefficient (Wildman–Crippen LogP) is 1.93. The molecule has 0 aliphatic rings. The van der Waals surface area contributed by atoms with Crippen molar-refractivity contribution in [1.29, 1.82) is 0 Å². The molecule has 0 unspecified atom stereocenters. The van der Waals surface area contributed by atoms with Crippen molar-refractivity contribution in [2.24, 2.45) is 0 Å². The van der Waals surface area contributed by atoms with Gasteiger partial charge in [0.25, 0.3) is 0 Å². The summed E-state index contributed by atoms with van der Waals surface area (Å²) < 4.78 is 10.5. The zero-order valence-corrected chi connectivity index (χ0v) is 10.2. The number of aliphatic hydroxyl groups excluding tert-OH is 1. The fourth-order valence-electron chi connectivity index (χ4n) is 1.64. The number of ether oxygens (including phenoxy) is 1. The van der Waals surface area contributed by atoms with Crippen molar-refractivity contribution in [1.82, 2.24) is 4.98 Å². The molecule has 0 bridgehead atoms. The first kappa shape index (κ1) is 12.6. The Kier molecular flexibility index (Phi) is 4.33. The Hall–Kier alpha value is -1.85. The van der Waals surface area contributed by atoms with E-state index < -0.39 is 0 Å². The van der Waals surface area contributed by atoms with Gasteiger partial charge in [0, 0.05) is 18.9 Å². The van der Waals surface area contributed by atoms with Gasteiger partial charge in [-0.15, -0.1) is 0 Å². The zero-order valence-electron chi connectivity index (χ0n) is 10.2. The van der Waals surface area contributed by atoms with Crippen molar-refractivity contribution in [2.75, 3.05) is 12.4 Å². The van der Waals surface area contributed by atoms with E-state index in [1.54, 1.807) is 25.6 Å². The maximum atomic E-state index is 9.18. The van der Waals surface area contributed by atoms with Gasteiger partial charge >= 0.3 is 0 Å². The van der Waals surface area contributed by atoms with E-state index in [-0.39, 0.29) is 6.61 Å². The van der Waals surface area contributed by atoms with Crippen LogP contribution in [0.3, 0.4) is 0 Å².